The van der Waals surface area contributed by atoms with Gasteiger partial charge in [0.15, 0.2) is 0 Å². The Labute approximate surface area is 198 Å². The van der Waals surface area contributed by atoms with Crippen molar-refractivity contribution in [3.05, 3.63) is 81.0 Å². The van der Waals surface area contributed by atoms with Crippen LogP contribution in [0.5, 0.6) is 0 Å². The smallest absolute Gasteiger partial charge is 0.269 e. The zero-order valence-electron chi connectivity index (χ0n) is 19.5. The quantitative estimate of drug-likeness (QED) is 0.229. The Morgan fingerprint density at radius 3 is 2.59 bits per heavy atom. The minimum atomic E-state index is -0.411. The molecule has 1 amide bonds. The molecule has 1 aromatic heterocycles. The molecule has 0 spiro atoms. The van der Waals surface area contributed by atoms with Crippen molar-refractivity contribution < 1.29 is 9.72 Å². The summed E-state index contributed by atoms with van der Waals surface area (Å²) < 4.78 is 2.11. The van der Waals surface area contributed by atoms with E-state index in [1.54, 1.807) is 18.2 Å². The Morgan fingerprint density at radius 1 is 1.21 bits per heavy atom. The molecule has 0 unspecified atom stereocenters. The third-order valence-corrected chi connectivity index (χ3v) is 6.85. The molecule has 1 N–H and O–H groups in total. The lowest BCUT2D eigenvalue weighted by molar-refractivity contribution is -0.384. The van der Waals surface area contributed by atoms with Crippen LogP contribution in [0.1, 0.15) is 49.4 Å². The number of nitrogens with zero attached hydrogens (tertiary/aromatic N) is 3. The van der Waals surface area contributed by atoms with Gasteiger partial charge >= 0.3 is 0 Å². The summed E-state index contributed by atoms with van der Waals surface area (Å²) in [7, 11) is 0. The van der Waals surface area contributed by atoms with Crippen LogP contribution < -0.4 is 5.32 Å². The first kappa shape index (κ1) is 23.2. The van der Waals surface area contributed by atoms with Crippen LogP contribution in [-0.2, 0) is 11.3 Å². The summed E-state index contributed by atoms with van der Waals surface area (Å²) in [4.78, 5) is 23.5. The molecular formula is C27H28N4O3. The summed E-state index contributed by atoms with van der Waals surface area (Å²) in [5, 5.41) is 24.8. The highest BCUT2D eigenvalue weighted by Crippen LogP contribution is 2.29. The highest BCUT2D eigenvalue weighted by Gasteiger charge is 2.24. The van der Waals surface area contributed by atoms with E-state index >= 15 is 0 Å². The number of carbonyl (C=O) groups excluding carboxylic acids is 1. The highest BCUT2D eigenvalue weighted by molar-refractivity contribution is 6.04. The topological polar surface area (TPSA) is 101 Å². The minimum absolute atomic E-state index is 0.0541. The van der Waals surface area contributed by atoms with E-state index in [1.165, 1.54) is 18.6 Å². The fourth-order valence-corrected chi connectivity index (χ4v) is 4.82. The first-order chi connectivity index (χ1) is 16.4. The molecule has 7 heteroatoms. The molecule has 174 valence electrons. The van der Waals surface area contributed by atoms with Crippen LogP contribution in [0.3, 0.4) is 0 Å². The Balaban J connectivity index is 1.67. The van der Waals surface area contributed by atoms with Gasteiger partial charge in [0, 0.05) is 46.9 Å². The maximum Gasteiger partial charge on any atom is 0.269 e. The van der Waals surface area contributed by atoms with E-state index in [-0.39, 0.29) is 23.2 Å². The molecule has 34 heavy (non-hydrogen) atoms. The third kappa shape index (κ3) is 4.72. The molecule has 1 aliphatic rings. The number of nitriles is 1. The number of nitro groups is 1. The number of hydrogen-bond acceptors (Lipinski definition) is 4. The molecule has 0 saturated heterocycles. The van der Waals surface area contributed by atoms with Gasteiger partial charge in [-0.3, -0.25) is 14.9 Å². The van der Waals surface area contributed by atoms with Gasteiger partial charge in [-0.05, 0) is 43.4 Å². The molecular weight excluding hydrogens is 428 g/mol. The van der Waals surface area contributed by atoms with Crippen LogP contribution in [0.4, 0.5) is 5.69 Å². The SMILES string of the molecule is Cc1c(/C=C(\C#N)C(=O)N[C@H]2CCCC[C@@H]2C)c2ccccc2n1Cc1ccc([N+](=O)[O-])cc1. The van der Waals surface area contributed by atoms with Gasteiger partial charge in [-0.25, -0.2) is 0 Å². The molecule has 2 aromatic carbocycles. The summed E-state index contributed by atoms with van der Waals surface area (Å²) in [5.74, 6) is 0.0795. The summed E-state index contributed by atoms with van der Waals surface area (Å²) in [6.07, 6.45) is 6.00. The number of non-ortho nitro benzene ring substituents is 1. The van der Waals surface area contributed by atoms with E-state index < -0.39 is 4.92 Å². The van der Waals surface area contributed by atoms with E-state index in [4.69, 9.17) is 0 Å². The van der Waals surface area contributed by atoms with Crippen molar-refractivity contribution in [3.8, 4) is 6.07 Å². The zero-order valence-corrected chi connectivity index (χ0v) is 19.5. The lowest BCUT2D eigenvalue weighted by Gasteiger charge is -2.29. The van der Waals surface area contributed by atoms with Gasteiger partial charge in [0.05, 0.1) is 4.92 Å². The second-order valence-electron chi connectivity index (χ2n) is 9.04. The van der Waals surface area contributed by atoms with Crippen molar-refractivity contribution in [2.45, 2.75) is 52.1 Å². The van der Waals surface area contributed by atoms with Crippen LogP contribution in [0.2, 0.25) is 0 Å². The number of carbonyl (C=O) groups is 1. The second-order valence-corrected chi connectivity index (χ2v) is 9.04. The first-order valence-electron chi connectivity index (χ1n) is 11.6. The van der Waals surface area contributed by atoms with Gasteiger partial charge in [-0.15, -0.1) is 0 Å². The number of fused-ring (bicyclic) bond motifs is 1. The van der Waals surface area contributed by atoms with Crippen molar-refractivity contribution in [2.75, 3.05) is 0 Å². The molecule has 1 saturated carbocycles. The van der Waals surface area contributed by atoms with E-state index in [9.17, 15) is 20.2 Å². The average molecular weight is 457 g/mol. The number of benzene rings is 2. The van der Waals surface area contributed by atoms with Crippen molar-refractivity contribution in [3.63, 3.8) is 0 Å². The Bertz CT molecular complexity index is 1300. The van der Waals surface area contributed by atoms with E-state index in [0.29, 0.717) is 12.5 Å². The lowest BCUT2D eigenvalue weighted by atomic mass is 9.86. The monoisotopic (exact) mass is 456 g/mol. The Morgan fingerprint density at radius 2 is 1.91 bits per heavy atom. The number of nitrogens with one attached hydrogen (secondary N) is 1. The van der Waals surface area contributed by atoms with Crippen LogP contribution in [-0.4, -0.2) is 21.4 Å². The molecule has 1 heterocycles. The molecule has 0 radical (unpaired) electrons. The molecule has 3 aromatic rings. The fourth-order valence-electron chi connectivity index (χ4n) is 4.82. The average Bonchev–Trinajstić information content (AvgIpc) is 3.10. The summed E-state index contributed by atoms with van der Waals surface area (Å²) in [5.41, 5.74) is 3.81. The lowest BCUT2D eigenvalue weighted by Crippen LogP contribution is -2.41. The highest BCUT2D eigenvalue weighted by atomic mass is 16.6. The number of para-hydroxylation sites is 1. The van der Waals surface area contributed by atoms with Gasteiger partial charge in [0.1, 0.15) is 11.6 Å². The standard InChI is InChI=1S/C27H28N4O3/c1-18-7-3-5-9-25(18)29-27(32)21(16-28)15-24-19(2)30(26-10-6-4-8-23(24)26)17-20-11-13-22(14-12-20)31(33)34/h4,6,8,10-15,18,25H,3,5,7,9,17H2,1-2H3,(H,29,32)/b21-15+/t18-,25-/m0/s1. The van der Waals surface area contributed by atoms with Gasteiger partial charge in [0.2, 0.25) is 0 Å². The Kier molecular flexibility index (Phi) is 6.78. The van der Waals surface area contributed by atoms with Crippen LogP contribution in [0.25, 0.3) is 17.0 Å². The Hall–Kier alpha value is -3.92. The number of aromatic nitrogens is 1. The molecule has 0 bridgehead atoms. The van der Waals surface area contributed by atoms with E-state index in [1.807, 2.05) is 31.2 Å². The molecule has 7 nitrogen and oxygen atoms in total. The van der Waals surface area contributed by atoms with Gasteiger partial charge in [-0.2, -0.15) is 5.26 Å². The van der Waals surface area contributed by atoms with Crippen LogP contribution in [0, 0.1) is 34.3 Å². The third-order valence-electron chi connectivity index (χ3n) is 6.85. The number of nitro benzene ring substituents is 1. The summed E-state index contributed by atoms with van der Waals surface area (Å²) >= 11 is 0. The van der Waals surface area contributed by atoms with Crippen molar-refractivity contribution in [1.82, 2.24) is 9.88 Å². The summed E-state index contributed by atoms with van der Waals surface area (Å²) in [6.45, 7) is 4.63. The normalized spacial score (nSPS) is 18.4. The maximum atomic E-state index is 13.0. The largest absolute Gasteiger partial charge is 0.348 e. The fraction of sp³-hybridized carbons (Fsp3) is 0.333. The first-order valence-corrected chi connectivity index (χ1v) is 11.6. The van der Waals surface area contributed by atoms with Crippen molar-refractivity contribution in [2.24, 2.45) is 5.92 Å². The van der Waals surface area contributed by atoms with E-state index in [0.717, 1.165) is 47.0 Å². The summed E-state index contributed by atoms with van der Waals surface area (Å²) in [6, 6.07) is 16.6. The molecule has 1 aliphatic carbocycles. The van der Waals surface area contributed by atoms with Gasteiger partial charge < -0.3 is 9.88 Å². The molecule has 2 atom stereocenters. The molecule has 0 aliphatic heterocycles. The number of amides is 1. The van der Waals surface area contributed by atoms with Crippen LogP contribution >= 0.6 is 0 Å². The zero-order chi connectivity index (χ0) is 24.2. The predicted octanol–water partition coefficient (Wildman–Crippen LogP) is 5.51. The minimum Gasteiger partial charge on any atom is -0.348 e. The second kappa shape index (κ2) is 9.92. The predicted molar refractivity (Wildman–Crippen MR) is 132 cm³/mol. The van der Waals surface area contributed by atoms with Crippen LogP contribution in [0.15, 0.2) is 54.1 Å². The van der Waals surface area contributed by atoms with Crippen molar-refractivity contribution in [1.29, 1.82) is 5.26 Å². The number of rotatable bonds is 6. The molecule has 4 rings (SSSR count). The van der Waals surface area contributed by atoms with E-state index in [2.05, 4.69) is 22.9 Å². The molecule has 1 fully saturated rings. The van der Waals surface area contributed by atoms with Crippen molar-refractivity contribution >= 4 is 28.6 Å². The van der Waals surface area contributed by atoms with Gasteiger partial charge in [0.25, 0.3) is 11.6 Å². The maximum absolute atomic E-state index is 13.0. The van der Waals surface area contributed by atoms with Gasteiger partial charge in [-0.1, -0.05) is 50.1 Å². The number of hydrogen-bond donors (Lipinski definition) is 1.